The molecular formula is C37H47ClN2O7S. The highest BCUT2D eigenvalue weighted by Gasteiger charge is 2.35. The van der Waals surface area contributed by atoms with Gasteiger partial charge in [0.05, 0.1) is 37.5 Å². The lowest BCUT2D eigenvalue weighted by molar-refractivity contribution is 0.0659. The summed E-state index contributed by atoms with van der Waals surface area (Å²) >= 11 is 6.51. The van der Waals surface area contributed by atoms with Crippen molar-refractivity contribution in [3.05, 3.63) is 75.8 Å². The van der Waals surface area contributed by atoms with Gasteiger partial charge in [-0.05, 0) is 118 Å². The van der Waals surface area contributed by atoms with Gasteiger partial charge >= 0.3 is 0 Å². The monoisotopic (exact) mass is 698 g/mol. The number of hydrogen-bond acceptors (Lipinski definition) is 7. The Kier molecular flexibility index (Phi) is 11.8. The number of nitrogens with zero attached hydrogens (tertiary/aromatic N) is 2. The van der Waals surface area contributed by atoms with Crippen LogP contribution in [0.25, 0.3) is 0 Å². The van der Waals surface area contributed by atoms with Crippen LogP contribution in [0.15, 0.2) is 53.4 Å². The summed E-state index contributed by atoms with van der Waals surface area (Å²) in [6.07, 6.45) is 2.85. The summed E-state index contributed by atoms with van der Waals surface area (Å²) in [6, 6.07) is 14.1. The van der Waals surface area contributed by atoms with Crippen molar-refractivity contribution in [2.24, 2.45) is 5.92 Å². The van der Waals surface area contributed by atoms with Crippen LogP contribution in [0.4, 0.5) is 0 Å². The van der Waals surface area contributed by atoms with Crippen molar-refractivity contribution in [2.75, 3.05) is 46.1 Å². The maximum absolute atomic E-state index is 14.5. The highest BCUT2D eigenvalue weighted by molar-refractivity contribution is 7.89. The Labute approximate surface area is 290 Å². The van der Waals surface area contributed by atoms with Crippen molar-refractivity contribution >= 4 is 27.5 Å². The number of ether oxygens (including phenoxy) is 4. The number of carbonyl (C=O) groups excluding carboxylic acids is 1. The summed E-state index contributed by atoms with van der Waals surface area (Å²) in [4.78, 5) is 16.3. The van der Waals surface area contributed by atoms with Gasteiger partial charge in [-0.15, -0.1) is 0 Å². The predicted octanol–water partition coefficient (Wildman–Crippen LogP) is 7.34. The summed E-state index contributed by atoms with van der Waals surface area (Å²) in [5, 5.41) is 0.105. The van der Waals surface area contributed by atoms with Crippen molar-refractivity contribution in [1.82, 2.24) is 9.21 Å². The summed E-state index contributed by atoms with van der Waals surface area (Å²) in [6.45, 7) is 13.0. The quantitative estimate of drug-likeness (QED) is 0.184. The van der Waals surface area contributed by atoms with Crippen LogP contribution < -0.4 is 18.9 Å². The first-order valence-electron chi connectivity index (χ1n) is 17.0. The van der Waals surface area contributed by atoms with Gasteiger partial charge in [-0.25, -0.2) is 8.42 Å². The van der Waals surface area contributed by atoms with E-state index in [2.05, 4.69) is 0 Å². The highest BCUT2D eigenvalue weighted by Crippen LogP contribution is 2.42. The van der Waals surface area contributed by atoms with Crippen molar-refractivity contribution in [3.63, 3.8) is 0 Å². The number of amides is 1. The predicted molar refractivity (Wildman–Crippen MR) is 187 cm³/mol. The molecule has 260 valence electrons. The molecule has 1 fully saturated rings. The van der Waals surface area contributed by atoms with E-state index in [0.717, 1.165) is 29.5 Å². The lowest BCUT2D eigenvalue weighted by Crippen LogP contribution is -2.41. The van der Waals surface area contributed by atoms with Crippen LogP contribution in [-0.2, 0) is 22.9 Å². The molecule has 3 aromatic carbocycles. The maximum Gasteiger partial charge on any atom is 0.254 e. The molecule has 0 radical (unpaired) electrons. The molecule has 2 aliphatic rings. The van der Waals surface area contributed by atoms with E-state index < -0.39 is 10.0 Å². The zero-order valence-corrected chi connectivity index (χ0v) is 30.2. The SMILES string of the molecule is CCOc1ccc(CC2c3cc(OCC)c(OCC)cc3CCN2C(=O)c2ccc(Cl)c(S(=O)(=O)N3CCCC(C)C3)c2)cc1OCC. The molecule has 11 heteroatoms. The number of halogens is 1. The Morgan fingerprint density at radius 2 is 1.48 bits per heavy atom. The fourth-order valence-electron chi connectivity index (χ4n) is 6.66. The molecular weight excluding hydrogens is 652 g/mol. The second-order valence-electron chi connectivity index (χ2n) is 12.2. The minimum Gasteiger partial charge on any atom is -0.490 e. The van der Waals surface area contributed by atoms with Crippen LogP contribution in [0.3, 0.4) is 0 Å². The average molecular weight is 699 g/mol. The minimum absolute atomic E-state index is 0.0362. The average Bonchev–Trinajstić information content (AvgIpc) is 3.07. The van der Waals surface area contributed by atoms with Gasteiger partial charge in [0.1, 0.15) is 4.90 Å². The van der Waals surface area contributed by atoms with Crippen LogP contribution in [0.2, 0.25) is 5.02 Å². The molecule has 0 saturated carbocycles. The number of benzene rings is 3. The molecule has 0 aromatic heterocycles. The number of piperidine rings is 1. The fourth-order valence-corrected chi connectivity index (χ4v) is 8.76. The second-order valence-corrected chi connectivity index (χ2v) is 14.5. The lowest BCUT2D eigenvalue weighted by Gasteiger charge is -2.38. The molecule has 0 bridgehead atoms. The summed E-state index contributed by atoms with van der Waals surface area (Å²) in [5.74, 6) is 2.59. The molecule has 0 spiro atoms. The first-order valence-corrected chi connectivity index (χ1v) is 18.8. The van der Waals surface area contributed by atoms with Crippen LogP contribution in [-0.4, -0.2) is 69.6 Å². The first-order chi connectivity index (χ1) is 23.1. The smallest absolute Gasteiger partial charge is 0.254 e. The molecule has 5 rings (SSSR count). The highest BCUT2D eigenvalue weighted by atomic mass is 35.5. The second kappa shape index (κ2) is 15.8. The van der Waals surface area contributed by atoms with E-state index in [0.29, 0.717) is 81.9 Å². The van der Waals surface area contributed by atoms with Crippen LogP contribution in [0, 0.1) is 5.92 Å². The van der Waals surface area contributed by atoms with E-state index in [4.69, 9.17) is 30.5 Å². The van der Waals surface area contributed by atoms with E-state index in [1.807, 2.05) is 69.9 Å². The third kappa shape index (κ3) is 7.71. The van der Waals surface area contributed by atoms with Gasteiger partial charge in [0.15, 0.2) is 23.0 Å². The van der Waals surface area contributed by atoms with E-state index in [1.165, 1.54) is 16.4 Å². The summed E-state index contributed by atoms with van der Waals surface area (Å²) < 4.78 is 52.7. The number of sulfonamides is 1. The largest absolute Gasteiger partial charge is 0.490 e. The zero-order valence-electron chi connectivity index (χ0n) is 28.6. The third-order valence-electron chi connectivity index (χ3n) is 8.88. The van der Waals surface area contributed by atoms with Crippen molar-refractivity contribution in [2.45, 2.75) is 71.2 Å². The summed E-state index contributed by atoms with van der Waals surface area (Å²) in [7, 11) is -3.89. The number of rotatable bonds is 13. The molecule has 1 saturated heterocycles. The van der Waals surface area contributed by atoms with Gasteiger partial charge in [-0.1, -0.05) is 24.6 Å². The first kappa shape index (κ1) is 35.8. The number of fused-ring (bicyclic) bond motifs is 1. The Morgan fingerprint density at radius 1 is 0.833 bits per heavy atom. The molecule has 3 aromatic rings. The Balaban J connectivity index is 1.56. The van der Waals surface area contributed by atoms with Gasteiger partial charge in [-0.3, -0.25) is 4.79 Å². The third-order valence-corrected chi connectivity index (χ3v) is 11.2. The fraction of sp³-hybridized carbons (Fsp3) is 0.486. The Hall–Kier alpha value is -3.47. The molecule has 2 heterocycles. The van der Waals surface area contributed by atoms with Crippen LogP contribution in [0.1, 0.15) is 80.6 Å². The zero-order chi connectivity index (χ0) is 34.4. The Bertz CT molecular complexity index is 1710. The number of carbonyl (C=O) groups is 1. The number of hydrogen-bond donors (Lipinski definition) is 0. The maximum atomic E-state index is 14.5. The molecule has 2 unspecified atom stereocenters. The van der Waals surface area contributed by atoms with E-state index in [-0.39, 0.29) is 33.3 Å². The van der Waals surface area contributed by atoms with Gasteiger partial charge in [0, 0.05) is 25.2 Å². The van der Waals surface area contributed by atoms with E-state index in [1.54, 1.807) is 6.07 Å². The standard InChI is InChI=1S/C37H47ClN2O7S/c1-6-44-32-15-12-26(20-33(32)45-7-2)19-31-29-23-35(47-9-4)34(46-8-3)21-27(29)16-18-40(31)37(41)28-13-14-30(38)36(22-28)48(42,43)39-17-10-11-25(5)24-39/h12-15,20-23,25,31H,6-11,16-19,24H2,1-5H3. The molecule has 2 atom stereocenters. The van der Waals surface area contributed by atoms with Crippen molar-refractivity contribution in [1.29, 1.82) is 0 Å². The van der Waals surface area contributed by atoms with Crippen LogP contribution in [0.5, 0.6) is 23.0 Å². The molecule has 9 nitrogen and oxygen atoms in total. The van der Waals surface area contributed by atoms with E-state index >= 15 is 0 Å². The van der Waals surface area contributed by atoms with E-state index in [9.17, 15) is 13.2 Å². The summed E-state index contributed by atoms with van der Waals surface area (Å²) in [5.41, 5.74) is 3.26. The topological polar surface area (TPSA) is 94.6 Å². The van der Waals surface area contributed by atoms with Gasteiger partial charge < -0.3 is 23.8 Å². The van der Waals surface area contributed by atoms with Gasteiger partial charge in [-0.2, -0.15) is 4.31 Å². The molecule has 48 heavy (non-hydrogen) atoms. The minimum atomic E-state index is -3.89. The molecule has 0 N–H and O–H groups in total. The molecule has 0 aliphatic carbocycles. The van der Waals surface area contributed by atoms with Crippen LogP contribution >= 0.6 is 11.6 Å². The van der Waals surface area contributed by atoms with Crippen molar-refractivity contribution < 1.29 is 32.2 Å². The Morgan fingerprint density at radius 3 is 2.15 bits per heavy atom. The molecule has 1 amide bonds. The van der Waals surface area contributed by atoms with Gasteiger partial charge in [0.2, 0.25) is 10.0 Å². The molecule has 2 aliphatic heterocycles. The van der Waals surface area contributed by atoms with Crippen molar-refractivity contribution in [3.8, 4) is 23.0 Å². The van der Waals surface area contributed by atoms with Gasteiger partial charge in [0.25, 0.3) is 5.91 Å². The lowest BCUT2D eigenvalue weighted by atomic mass is 9.87. The normalized spacial score (nSPS) is 18.2.